The number of benzene rings is 1. The molecule has 0 spiro atoms. The molecule has 144 valence electrons. The number of aliphatic hydroxyl groups is 1. The summed E-state index contributed by atoms with van der Waals surface area (Å²) in [6.45, 7) is 1.45. The van der Waals surface area contributed by atoms with Gasteiger partial charge in [0.15, 0.2) is 5.96 Å². The van der Waals surface area contributed by atoms with Crippen molar-refractivity contribution in [3.8, 4) is 0 Å². The van der Waals surface area contributed by atoms with Gasteiger partial charge in [0.05, 0.1) is 12.3 Å². The first-order valence-corrected chi connectivity index (χ1v) is 8.83. The van der Waals surface area contributed by atoms with Crippen LogP contribution in [-0.4, -0.2) is 47.2 Å². The monoisotopic (exact) mass is 479 g/mol. The van der Waals surface area contributed by atoms with Gasteiger partial charge in [-0.15, -0.1) is 24.0 Å². The van der Waals surface area contributed by atoms with E-state index < -0.39 is 0 Å². The van der Waals surface area contributed by atoms with Crippen LogP contribution in [-0.2, 0) is 6.42 Å². The molecular weight excluding hydrogens is 453 g/mol. The Hall–Kier alpha value is -2.13. The number of nitrogens with zero attached hydrogens (tertiary/aromatic N) is 3. The number of halogens is 1. The van der Waals surface area contributed by atoms with Crippen LogP contribution in [0.1, 0.15) is 17.2 Å². The Kier molecular flexibility index (Phi) is 8.53. The lowest BCUT2D eigenvalue weighted by atomic mass is 10.0. The van der Waals surface area contributed by atoms with E-state index in [0.717, 1.165) is 35.8 Å². The van der Waals surface area contributed by atoms with Crippen LogP contribution in [0.25, 0.3) is 5.65 Å². The molecule has 1 atom stereocenters. The highest BCUT2D eigenvalue weighted by Crippen LogP contribution is 2.13. The van der Waals surface area contributed by atoms with E-state index in [1.165, 1.54) is 0 Å². The van der Waals surface area contributed by atoms with E-state index in [4.69, 9.17) is 0 Å². The third-order valence-electron chi connectivity index (χ3n) is 4.32. The molecule has 0 saturated heterocycles. The quantitative estimate of drug-likeness (QED) is 0.277. The van der Waals surface area contributed by atoms with Crippen molar-refractivity contribution in [1.82, 2.24) is 20.0 Å². The van der Waals surface area contributed by atoms with E-state index in [9.17, 15) is 5.11 Å². The standard InChI is InChI=1S/C20H25N5O.HI/c1-21-20(23-13-17(15-26)16-7-3-2-4-8-16)22-11-10-18-14-25-12-6-5-9-19(25)24-18;/h2-9,12,14,17,26H,10-11,13,15H2,1H3,(H2,21,22,23);1H. The van der Waals surface area contributed by atoms with Gasteiger partial charge in [0.2, 0.25) is 0 Å². The maximum absolute atomic E-state index is 9.65. The Morgan fingerprint density at radius 2 is 1.93 bits per heavy atom. The van der Waals surface area contributed by atoms with Crippen LogP contribution in [0.5, 0.6) is 0 Å². The summed E-state index contributed by atoms with van der Waals surface area (Å²) in [6, 6.07) is 16.0. The zero-order chi connectivity index (χ0) is 18.2. The summed E-state index contributed by atoms with van der Waals surface area (Å²) in [5, 5.41) is 16.2. The second-order valence-electron chi connectivity index (χ2n) is 6.12. The van der Waals surface area contributed by atoms with Gasteiger partial charge in [0.1, 0.15) is 5.65 Å². The molecule has 1 aromatic carbocycles. The maximum atomic E-state index is 9.65. The molecule has 0 aliphatic carbocycles. The Morgan fingerprint density at radius 1 is 1.15 bits per heavy atom. The lowest BCUT2D eigenvalue weighted by Gasteiger charge is -2.18. The summed E-state index contributed by atoms with van der Waals surface area (Å²) in [4.78, 5) is 8.84. The minimum atomic E-state index is 0. The zero-order valence-corrected chi connectivity index (χ0v) is 17.7. The number of hydrogen-bond donors (Lipinski definition) is 3. The number of hydrogen-bond acceptors (Lipinski definition) is 3. The molecule has 0 radical (unpaired) electrons. The number of rotatable bonds is 7. The SMILES string of the molecule is CN=C(NCCc1cn2ccccc2n1)NCC(CO)c1ccccc1.I. The summed E-state index contributed by atoms with van der Waals surface area (Å²) in [5.74, 6) is 0.760. The van der Waals surface area contributed by atoms with Crippen molar-refractivity contribution in [2.45, 2.75) is 12.3 Å². The van der Waals surface area contributed by atoms with Crippen LogP contribution in [0.3, 0.4) is 0 Å². The first-order chi connectivity index (χ1) is 12.8. The molecular formula is C20H26IN5O. The van der Waals surface area contributed by atoms with Crippen molar-refractivity contribution >= 4 is 35.6 Å². The molecule has 0 amide bonds. The zero-order valence-electron chi connectivity index (χ0n) is 15.4. The van der Waals surface area contributed by atoms with Crippen LogP contribution in [0.2, 0.25) is 0 Å². The second kappa shape index (κ2) is 10.9. The lowest BCUT2D eigenvalue weighted by Crippen LogP contribution is -2.40. The van der Waals surface area contributed by atoms with Crippen LogP contribution < -0.4 is 10.6 Å². The number of nitrogens with one attached hydrogen (secondary N) is 2. The van der Waals surface area contributed by atoms with Crippen molar-refractivity contribution in [3.05, 3.63) is 72.2 Å². The number of guanidine groups is 1. The minimum Gasteiger partial charge on any atom is -0.396 e. The Morgan fingerprint density at radius 3 is 2.63 bits per heavy atom. The molecule has 3 N–H and O–H groups in total. The molecule has 0 saturated carbocycles. The maximum Gasteiger partial charge on any atom is 0.191 e. The molecule has 0 aliphatic heterocycles. The smallest absolute Gasteiger partial charge is 0.191 e. The molecule has 7 heteroatoms. The van der Waals surface area contributed by atoms with E-state index in [2.05, 4.69) is 20.6 Å². The number of pyridine rings is 1. The second-order valence-corrected chi connectivity index (χ2v) is 6.12. The van der Waals surface area contributed by atoms with E-state index in [0.29, 0.717) is 6.54 Å². The van der Waals surface area contributed by atoms with Crippen LogP contribution in [0.15, 0.2) is 65.9 Å². The van der Waals surface area contributed by atoms with Crippen molar-refractivity contribution in [3.63, 3.8) is 0 Å². The predicted octanol–water partition coefficient (Wildman–Crippen LogP) is 2.44. The molecule has 3 aromatic rings. The summed E-state index contributed by atoms with van der Waals surface area (Å²) in [7, 11) is 1.75. The van der Waals surface area contributed by atoms with Crippen LogP contribution in [0.4, 0.5) is 0 Å². The van der Waals surface area contributed by atoms with Crippen molar-refractivity contribution in [2.75, 3.05) is 26.7 Å². The first kappa shape index (κ1) is 21.2. The average molecular weight is 479 g/mol. The van der Waals surface area contributed by atoms with Crippen molar-refractivity contribution in [1.29, 1.82) is 0 Å². The largest absolute Gasteiger partial charge is 0.396 e. The molecule has 2 aromatic heterocycles. The highest BCUT2D eigenvalue weighted by Gasteiger charge is 2.10. The first-order valence-electron chi connectivity index (χ1n) is 8.83. The topological polar surface area (TPSA) is 74.0 Å². The summed E-state index contributed by atoms with van der Waals surface area (Å²) < 4.78 is 2.02. The van der Waals surface area contributed by atoms with Gasteiger partial charge in [-0.25, -0.2) is 4.98 Å². The van der Waals surface area contributed by atoms with E-state index >= 15 is 0 Å². The van der Waals surface area contributed by atoms with Crippen LogP contribution in [0, 0.1) is 0 Å². The predicted molar refractivity (Wildman–Crippen MR) is 120 cm³/mol. The molecule has 6 nitrogen and oxygen atoms in total. The third kappa shape index (κ3) is 5.93. The number of aliphatic hydroxyl groups excluding tert-OH is 1. The summed E-state index contributed by atoms with van der Waals surface area (Å²) in [5.41, 5.74) is 3.11. The average Bonchev–Trinajstić information content (AvgIpc) is 3.10. The van der Waals surface area contributed by atoms with Gasteiger partial charge >= 0.3 is 0 Å². The van der Waals surface area contributed by atoms with Gasteiger partial charge in [0.25, 0.3) is 0 Å². The van der Waals surface area contributed by atoms with E-state index in [-0.39, 0.29) is 36.5 Å². The molecule has 3 rings (SSSR count). The van der Waals surface area contributed by atoms with Gasteiger partial charge in [-0.3, -0.25) is 4.99 Å². The Bertz CT molecular complexity index is 817. The molecule has 27 heavy (non-hydrogen) atoms. The molecule has 0 bridgehead atoms. The van der Waals surface area contributed by atoms with Crippen molar-refractivity contribution in [2.24, 2.45) is 4.99 Å². The normalized spacial score (nSPS) is 12.4. The fourth-order valence-corrected chi connectivity index (χ4v) is 2.87. The molecule has 1 unspecified atom stereocenters. The fraction of sp³-hybridized carbons (Fsp3) is 0.300. The molecule has 2 heterocycles. The number of imidazole rings is 1. The summed E-state index contributed by atoms with van der Waals surface area (Å²) in [6.07, 6.45) is 4.85. The van der Waals surface area contributed by atoms with E-state index in [1.807, 2.05) is 65.3 Å². The van der Waals surface area contributed by atoms with Crippen molar-refractivity contribution < 1.29 is 5.11 Å². The molecule has 0 aliphatic rings. The lowest BCUT2D eigenvalue weighted by molar-refractivity contribution is 0.265. The number of fused-ring (bicyclic) bond motifs is 1. The van der Waals surface area contributed by atoms with Gasteiger partial charge in [-0.05, 0) is 17.7 Å². The Balaban J connectivity index is 0.00000261. The minimum absolute atomic E-state index is 0. The van der Waals surface area contributed by atoms with E-state index in [1.54, 1.807) is 7.05 Å². The third-order valence-corrected chi connectivity index (χ3v) is 4.32. The summed E-state index contributed by atoms with van der Waals surface area (Å²) >= 11 is 0. The highest BCUT2D eigenvalue weighted by molar-refractivity contribution is 14.0. The number of aliphatic imine (C=N–C) groups is 1. The number of aromatic nitrogens is 2. The molecule has 0 fully saturated rings. The van der Waals surface area contributed by atoms with Gasteiger partial charge in [-0.2, -0.15) is 0 Å². The highest BCUT2D eigenvalue weighted by atomic mass is 127. The fourth-order valence-electron chi connectivity index (χ4n) is 2.87. The van der Waals surface area contributed by atoms with Gasteiger partial charge in [0, 0.05) is 44.9 Å². The Labute approximate surface area is 176 Å². The van der Waals surface area contributed by atoms with Gasteiger partial charge in [-0.1, -0.05) is 36.4 Å². The van der Waals surface area contributed by atoms with Crippen LogP contribution >= 0.6 is 24.0 Å². The van der Waals surface area contributed by atoms with Gasteiger partial charge < -0.3 is 20.1 Å².